The van der Waals surface area contributed by atoms with E-state index >= 15 is 0 Å². The predicted molar refractivity (Wildman–Crippen MR) is 89.2 cm³/mol. The molecule has 0 saturated carbocycles. The van der Waals surface area contributed by atoms with Gasteiger partial charge in [0, 0.05) is 12.1 Å². The van der Waals surface area contributed by atoms with Crippen molar-refractivity contribution in [1.82, 2.24) is 9.88 Å². The second-order valence-corrected chi connectivity index (χ2v) is 6.63. The third-order valence-electron chi connectivity index (χ3n) is 4.01. The lowest BCUT2D eigenvalue weighted by atomic mass is 10.2. The predicted octanol–water partition coefficient (Wildman–Crippen LogP) is 3.25. The van der Waals surface area contributed by atoms with Crippen molar-refractivity contribution in [1.29, 1.82) is 0 Å². The van der Waals surface area contributed by atoms with Gasteiger partial charge in [-0.25, -0.2) is 4.98 Å². The Hall–Kier alpha value is -1.72. The first kappa shape index (κ1) is 15.2. The van der Waals surface area contributed by atoms with Gasteiger partial charge >= 0.3 is 0 Å². The molecule has 4 nitrogen and oxygen atoms in total. The molecule has 0 bridgehead atoms. The molecule has 0 radical (unpaired) electrons. The highest BCUT2D eigenvalue weighted by atomic mass is 32.1. The molecule has 2 aromatic rings. The fourth-order valence-corrected chi connectivity index (χ4v) is 3.63. The van der Waals surface area contributed by atoms with E-state index in [1.165, 1.54) is 12.8 Å². The summed E-state index contributed by atoms with van der Waals surface area (Å²) in [6.45, 7) is 2.48. The van der Waals surface area contributed by atoms with Crippen molar-refractivity contribution in [3.05, 3.63) is 45.4 Å². The first-order valence-electron chi connectivity index (χ1n) is 7.75. The Morgan fingerprint density at radius 2 is 1.77 bits per heavy atom. The molecule has 0 unspecified atom stereocenters. The van der Waals surface area contributed by atoms with Gasteiger partial charge in [-0.2, -0.15) is 0 Å². The molecule has 1 aromatic carbocycles. The highest BCUT2D eigenvalue weighted by Gasteiger charge is 2.17. The number of likely N-dealkylation sites (tertiary alicyclic amines) is 1. The zero-order chi connectivity index (χ0) is 15.4. The number of aromatic hydroxyl groups is 1. The van der Waals surface area contributed by atoms with Crippen LogP contribution in [0.1, 0.15) is 31.2 Å². The summed E-state index contributed by atoms with van der Waals surface area (Å²) in [5.41, 5.74) is 1.30. The summed E-state index contributed by atoms with van der Waals surface area (Å²) in [6.07, 6.45) is 4.82. The van der Waals surface area contributed by atoms with Gasteiger partial charge in [-0.3, -0.25) is 9.69 Å². The minimum Gasteiger partial charge on any atom is -0.493 e. The van der Waals surface area contributed by atoms with Gasteiger partial charge in [0.15, 0.2) is 0 Å². The average molecular weight is 316 g/mol. The van der Waals surface area contributed by atoms with Gasteiger partial charge in [0.05, 0.1) is 5.56 Å². The second-order valence-electron chi connectivity index (χ2n) is 5.67. The summed E-state index contributed by atoms with van der Waals surface area (Å²) in [7, 11) is 0. The van der Waals surface area contributed by atoms with E-state index in [0.29, 0.717) is 17.1 Å². The van der Waals surface area contributed by atoms with Crippen LogP contribution in [0, 0.1) is 0 Å². The van der Waals surface area contributed by atoms with Crippen LogP contribution in [0.4, 0.5) is 0 Å². The summed E-state index contributed by atoms with van der Waals surface area (Å²) in [5, 5.41) is 10.8. The first-order chi connectivity index (χ1) is 10.7. The first-order valence-corrected chi connectivity index (χ1v) is 8.56. The number of hydrogen-bond donors (Lipinski definition) is 1. The van der Waals surface area contributed by atoms with E-state index in [2.05, 4.69) is 9.88 Å². The zero-order valence-electron chi connectivity index (χ0n) is 12.5. The van der Waals surface area contributed by atoms with Crippen LogP contribution in [0.15, 0.2) is 35.1 Å². The Balaban J connectivity index is 1.85. The number of nitrogens with zero attached hydrogens (tertiary/aromatic N) is 2. The lowest BCUT2D eigenvalue weighted by Gasteiger charge is -2.19. The van der Waals surface area contributed by atoms with Gasteiger partial charge < -0.3 is 5.11 Å². The molecule has 1 aromatic heterocycles. The number of benzene rings is 1. The highest BCUT2D eigenvalue weighted by Crippen LogP contribution is 2.24. The van der Waals surface area contributed by atoms with E-state index in [9.17, 15) is 9.90 Å². The molecule has 5 heteroatoms. The fraction of sp³-hybridized carbons (Fsp3) is 0.412. The minimum absolute atomic E-state index is 0.0874. The number of hydrogen-bond acceptors (Lipinski definition) is 5. The van der Waals surface area contributed by atoms with Crippen LogP contribution >= 0.6 is 11.3 Å². The van der Waals surface area contributed by atoms with E-state index in [1.807, 2.05) is 30.3 Å². The normalized spacial score (nSPS) is 16.4. The molecule has 2 heterocycles. The van der Waals surface area contributed by atoms with E-state index in [0.717, 1.165) is 42.8 Å². The molecule has 1 aliphatic rings. The SMILES string of the molecule is O=c1sc(-c2ccccc2)nc(O)c1CN1CCCCCC1. The molecular formula is C17H20N2O2S. The molecule has 116 valence electrons. The van der Waals surface area contributed by atoms with E-state index in [1.54, 1.807) is 0 Å². The van der Waals surface area contributed by atoms with Crippen molar-refractivity contribution in [3.8, 4) is 16.5 Å². The maximum atomic E-state index is 12.4. The van der Waals surface area contributed by atoms with Gasteiger partial charge in [-0.15, -0.1) is 0 Å². The highest BCUT2D eigenvalue weighted by molar-refractivity contribution is 7.12. The molecule has 1 saturated heterocycles. The van der Waals surface area contributed by atoms with Crippen molar-refractivity contribution < 1.29 is 5.11 Å². The van der Waals surface area contributed by atoms with Gasteiger partial charge in [0.1, 0.15) is 5.01 Å². The summed E-state index contributed by atoms with van der Waals surface area (Å²) in [4.78, 5) is 18.9. The molecule has 1 fully saturated rings. The van der Waals surface area contributed by atoms with Crippen molar-refractivity contribution in [2.75, 3.05) is 13.1 Å². The third-order valence-corrected chi connectivity index (χ3v) is 4.97. The molecule has 0 atom stereocenters. The Kier molecular flexibility index (Phi) is 4.85. The molecule has 3 rings (SSSR count). The smallest absolute Gasteiger partial charge is 0.244 e. The monoisotopic (exact) mass is 316 g/mol. The van der Waals surface area contributed by atoms with E-state index in [4.69, 9.17) is 0 Å². The lowest BCUT2D eigenvalue weighted by Crippen LogP contribution is -2.26. The number of rotatable bonds is 3. The van der Waals surface area contributed by atoms with Gasteiger partial charge in [-0.1, -0.05) is 54.5 Å². The average Bonchev–Trinajstić information content (AvgIpc) is 2.80. The molecule has 0 spiro atoms. The van der Waals surface area contributed by atoms with Crippen molar-refractivity contribution in [2.45, 2.75) is 32.2 Å². The van der Waals surface area contributed by atoms with Crippen LogP contribution < -0.4 is 4.74 Å². The Morgan fingerprint density at radius 1 is 1.09 bits per heavy atom. The van der Waals surface area contributed by atoms with Crippen LogP contribution in [-0.2, 0) is 6.54 Å². The van der Waals surface area contributed by atoms with Crippen LogP contribution in [-0.4, -0.2) is 28.1 Å². The Morgan fingerprint density at radius 3 is 2.41 bits per heavy atom. The topological polar surface area (TPSA) is 53.4 Å². The molecule has 0 amide bonds. The Bertz CT molecular complexity index is 677. The maximum Gasteiger partial charge on any atom is 0.244 e. The van der Waals surface area contributed by atoms with Gasteiger partial charge in [0.2, 0.25) is 10.6 Å². The summed E-state index contributed by atoms with van der Waals surface area (Å²) >= 11 is 1.11. The van der Waals surface area contributed by atoms with Crippen molar-refractivity contribution in [2.24, 2.45) is 0 Å². The van der Waals surface area contributed by atoms with Crippen molar-refractivity contribution in [3.63, 3.8) is 0 Å². The zero-order valence-corrected chi connectivity index (χ0v) is 13.3. The molecule has 1 N–H and O–H groups in total. The lowest BCUT2D eigenvalue weighted by molar-refractivity contribution is 0.271. The second kappa shape index (κ2) is 7.03. The minimum atomic E-state index is -0.119. The Labute approximate surface area is 134 Å². The van der Waals surface area contributed by atoms with Gasteiger partial charge in [0.25, 0.3) is 0 Å². The number of aromatic nitrogens is 1. The van der Waals surface area contributed by atoms with E-state index < -0.39 is 0 Å². The van der Waals surface area contributed by atoms with Crippen LogP contribution in [0.5, 0.6) is 5.88 Å². The van der Waals surface area contributed by atoms with Crippen LogP contribution in [0.3, 0.4) is 0 Å². The molecule has 1 aliphatic heterocycles. The van der Waals surface area contributed by atoms with Crippen LogP contribution in [0.2, 0.25) is 0 Å². The van der Waals surface area contributed by atoms with Crippen LogP contribution in [0.25, 0.3) is 10.6 Å². The third kappa shape index (κ3) is 3.54. The molecule has 0 aliphatic carbocycles. The summed E-state index contributed by atoms with van der Waals surface area (Å²) in [5.74, 6) is -0.119. The standard InChI is InChI=1S/C17H20N2O2S/c20-15-14(12-19-10-6-1-2-7-11-19)17(21)22-16(18-15)13-8-4-3-5-9-13/h3-5,8-9,20H,1-2,6-7,10-12H2. The quantitative estimate of drug-likeness (QED) is 0.944. The molecule has 22 heavy (non-hydrogen) atoms. The largest absolute Gasteiger partial charge is 0.493 e. The van der Waals surface area contributed by atoms with Crippen molar-refractivity contribution >= 4 is 11.3 Å². The summed E-state index contributed by atoms with van der Waals surface area (Å²) < 4.78 is -0.0874. The molecular weight excluding hydrogens is 296 g/mol. The summed E-state index contributed by atoms with van der Waals surface area (Å²) in [6, 6.07) is 9.50. The van der Waals surface area contributed by atoms with E-state index in [-0.39, 0.29) is 10.6 Å². The maximum absolute atomic E-state index is 12.4. The van der Waals surface area contributed by atoms with Gasteiger partial charge in [-0.05, 0) is 25.9 Å². The fourth-order valence-electron chi connectivity index (χ4n) is 2.78.